The van der Waals surface area contributed by atoms with E-state index in [2.05, 4.69) is 10.2 Å². The van der Waals surface area contributed by atoms with Crippen LogP contribution in [0.5, 0.6) is 11.5 Å². The van der Waals surface area contributed by atoms with E-state index in [0.29, 0.717) is 27.4 Å². The smallest absolute Gasteiger partial charge is 0.323 e. The number of phenols is 2. The summed E-state index contributed by atoms with van der Waals surface area (Å²) in [6.07, 6.45) is 1.58. The second-order valence-electron chi connectivity index (χ2n) is 5.62. The fourth-order valence-electron chi connectivity index (χ4n) is 2.95. The highest BCUT2D eigenvalue weighted by Gasteiger charge is 2.17. The Kier molecular flexibility index (Phi) is 3.51. The van der Waals surface area contributed by atoms with Gasteiger partial charge in [0.05, 0.1) is 16.8 Å². The average Bonchev–Trinajstić information content (AvgIpc) is 3.18. The van der Waals surface area contributed by atoms with Gasteiger partial charge in [0, 0.05) is 17.6 Å². The topological polar surface area (TPSA) is 122 Å². The van der Waals surface area contributed by atoms with Crippen LogP contribution >= 0.6 is 12.2 Å². The maximum absolute atomic E-state index is 11.6. The number of carbonyl (C=O) groups is 1. The molecular weight excluding hydrogens is 354 g/mol. The van der Waals surface area contributed by atoms with Gasteiger partial charge in [-0.1, -0.05) is 6.07 Å². The molecule has 0 spiro atoms. The van der Waals surface area contributed by atoms with Crippen LogP contribution in [0.3, 0.4) is 0 Å². The molecule has 26 heavy (non-hydrogen) atoms. The maximum Gasteiger partial charge on any atom is 0.323 e. The van der Waals surface area contributed by atoms with Gasteiger partial charge in [0.25, 0.3) is 0 Å². The monoisotopic (exact) mass is 367 g/mol. The summed E-state index contributed by atoms with van der Waals surface area (Å²) in [5.41, 5.74) is 7.08. The Morgan fingerprint density at radius 1 is 1.19 bits per heavy atom. The first-order chi connectivity index (χ1) is 12.5. The zero-order valence-electron chi connectivity index (χ0n) is 13.2. The normalized spacial score (nSPS) is 11.1. The van der Waals surface area contributed by atoms with Crippen molar-refractivity contribution < 1.29 is 15.0 Å². The van der Waals surface area contributed by atoms with E-state index in [1.807, 2.05) is 6.07 Å². The van der Waals surface area contributed by atoms with E-state index in [4.69, 9.17) is 18.0 Å². The molecule has 0 unspecified atom stereocenters. The number of aromatic amines is 1. The van der Waals surface area contributed by atoms with Crippen LogP contribution in [0.2, 0.25) is 0 Å². The summed E-state index contributed by atoms with van der Waals surface area (Å²) in [6, 6.07) is 10.7. The van der Waals surface area contributed by atoms with Gasteiger partial charge in [0.1, 0.15) is 11.5 Å². The summed E-state index contributed by atoms with van der Waals surface area (Å²) in [7, 11) is 0. The second-order valence-corrected chi connectivity index (χ2v) is 6.01. The van der Waals surface area contributed by atoms with Crippen molar-refractivity contribution in [1.29, 1.82) is 0 Å². The number of nitrogens with one attached hydrogen (secondary N) is 1. The lowest BCUT2D eigenvalue weighted by atomic mass is 10.1. The van der Waals surface area contributed by atoms with Gasteiger partial charge in [-0.2, -0.15) is 5.10 Å². The number of aromatic hydroxyl groups is 2. The van der Waals surface area contributed by atoms with E-state index in [1.54, 1.807) is 35.0 Å². The molecule has 0 radical (unpaired) electrons. The van der Waals surface area contributed by atoms with Gasteiger partial charge in [-0.3, -0.25) is 14.2 Å². The predicted molar refractivity (Wildman–Crippen MR) is 98.0 cm³/mol. The quantitative estimate of drug-likeness (QED) is 0.406. The molecule has 130 valence electrons. The van der Waals surface area contributed by atoms with Crippen LogP contribution in [0, 0.1) is 4.77 Å². The number of nitrogens with zero attached hydrogens (tertiary/aromatic N) is 3. The number of fused-ring (bicyclic) bond motifs is 1. The van der Waals surface area contributed by atoms with Crippen LogP contribution < -0.4 is 5.73 Å². The van der Waals surface area contributed by atoms with Crippen molar-refractivity contribution in [2.45, 2.75) is 0 Å². The number of hydrogen-bond donors (Lipinski definition) is 4. The van der Waals surface area contributed by atoms with Crippen LogP contribution in [0.15, 0.2) is 48.7 Å². The van der Waals surface area contributed by atoms with Crippen molar-refractivity contribution in [3.8, 4) is 28.6 Å². The van der Waals surface area contributed by atoms with E-state index < -0.39 is 6.03 Å². The molecule has 0 atom stereocenters. The molecular formula is C17H13N5O3S. The summed E-state index contributed by atoms with van der Waals surface area (Å²) < 4.78 is 3.29. The van der Waals surface area contributed by atoms with Crippen LogP contribution in [-0.4, -0.2) is 35.6 Å². The zero-order valence-corrected chi connectivity index (χ0v) is 14.1. The van der Waals surface area contributed by atoms with Gasteiger partial charge in [0.15, 0.2) is 10.6 Å². The molecule has 9 heteroatoms. The van der Waals surface area contributed by atoms with Crippen molar-refractivity contribution in [2.75, 3.05) is 0 Å². The molecule has 4 rings (SSSR count). The Bertz CT molecular complexity index is 1220. The number of benzene rings is 2. The number of rotatable bonds is 2. The fourth-order valence-corrected chi connectivity index (χ4v) is 3.18. The zero-order chi connectivity index (χ0) is 18.4. The molecule has 8 nitrogen and oxygen atoms in total. The van der Waals surface area contributed by atoms with Gasteiger partial charge in [-0.15, -0.1) is 0 Å². The number of amides is 1. The Morgan fingerprint density at radius 2 is 2.00 bits per heavy atom. The summed E-state index contributed by atoms with van der Waals surface area (Å²) >= 11 is 5.36. The van der Waals surface area contributed by atoms with Gasteiger partial charge in [-0.05, 0) is 42.5 Å². The standard InChI is InChI=1S/C17H13N5O3S/c18-16(25)21-7-6-10-12(21)2-1-3-13(10)22-15(19-20-17(22)26)11-5-4-9(23)8-14(11)24/h1-8,23-24H,(H2,18,25)(H,20,26). The van der Waals surface area contributed by atoms with E-state index >= 15 is 0 Å². The molecule has 0 fully saturated rings. The fraction of sp³-hybridized carbons (Fsp3) is 0. The Morgan fingerprint density at radius 3 is 2.73 bits per heavy atom. The lowest BCUT2D eigenvalue weighted by Gasteiger charge is -2.10. The summed E-state index contributed by atoms with van der Waals surface area (Å²) in [5.74, 6) is 0.168. The van der Waals surface area contributed by atoms with Crippen LogP contribution in [-0.2, 0) is 0 Å². The highest BCUT2D eigenvalue weighted by atomic mass is 32.1. The van der Waals surface area contributed by atoms with Crippen LogP contribution in [0.25, 0.3) is 28.0 Å². The number of nitrogens with two attached hydrogens (primary N) is 1. The van der Waals surface area contributed by atoms with Crippen molar-refractivity contribution in [1.82, 2.24) is 19.3 Å². The molecule has 0 aliphatic carbocycles. The van der Waals surface area contributed by atoms with E-state index in [0.717, 1.165) is 5.39 Å². The minimum atomic E-state index is -0.593. The van der Waals surface area contributed by atoms with Crippen molar-refractivity contribution in [2.24, 2.45) is 5.73 Å². The third-order valence-corrected chi connectivity index (χ3v) is 4.36. The molecule has 2 heterocycles. The largest absolute Gasteiger partial charge is 0.508 e. The molecule has 2 aromatic carbocycles. The lowest BCUT2D eigenvalue weighted by Crippen LogP contribution is -2.18. The molecule has 2 aromatic heterocycles. The summed E-state index contributed by atoms with van der Waals surface area (Å²) in [4.78, 5) is 11.6. The summed E-state index contributed by atoms with van der Waals surface area (Å²) in [6.45, 7) is 0. The first-order valence-electron chi connectivity index (χ1n) is 7.57. The molecule has 5 N–H and O–H groups in total. The number of phenolic OH excluding ortho intramolecular Hbond substituents is 2. The summed E-state index contributed by atoms with van der Waals surface area (Å²) in [5, 5.41) is 27.4. The van der Waals surface area contributed by atoms with Crippen LogP contribution in [0.4, 0.5) is 4.79 Å². The number of aromatic nitrogens is 4. The highest BCUT2D eigenvalue weighted by molar-refractivity contribution is 7.71. The Hall–Kier alpha value is -3.59. The van der Waals surface area contributed by atoms with Crippen molar-refractivity contribution in [3.05, 3.63) is 53.4 Å². The number of H-pyrrole nitrogens is 1. The number of primary amides is 1. The molecule has 0 bridgehead atoms. The SMILES string of the molecule is NC(=O)n1ccc2c(-n3c(-c4ccc(O)cc4O)n[nH]c3=S)cccc21. The highest BCUT2D eigenvalue weighted by Crippen LogP contribution is 2.34. The third kappa shape index (κ3) is 2.33. The van der Waals surface area contributed by atoms with Gasteiger partial charge in [-0.25, -0.2) is 4.79 Å². The minimum absolute atomic E-state index is 0.0624. The van der Waals surface area contributed by atoms with Crippen molar-refractivity contribution >= 4 is 29.2 Å². The molecule has 1 amide bonds. The second kappa shape index (κ2) is 5.74. The van der Waals surface area contributed by atoms with Crippen molar-refractivity contribution in [3.63, 3.8) is 0 Å². The first-order valence-corrected chi connectivity index (χ1v) is 7.98. The van der Waals surface area contributed by atoms with Crippen LogP contribution in [0.1, 0.15) is 0 Å². The average molecular weight is 367 g/mol. The van der Waals surface area contributed by atoms with Gasteiger partial charge >= 0.3 is 6.03 Å². The first kappa shape index (κ1) is 15.9. The Balaban J connectivity index is 2.01. The van der Waals surface area contributed by atoms with E-state index in [1.165, 1.54) is 16.7 Å². The predicted octanol–water partition coefficient (Wildman–Crippen LogP) is 2.89. The number of hydrogen-bond acceptors (Lipinski definition) is 5. The molecule has 0 aliphatic rings. The van der Waals surface area contributed by atoms with E-state index in [-0.39, 0.29) is 11.5 Å². The van der Waals surface area contributed by atoms with E-state index in [9.17, 15) is 15.0 Å². The Labute approximate surface area is 151 Å². The lowest BCUT2D eigenvalue weighted by molar-refractivity contribution is 0.251. The van der Waals surface area contributed by atoms with Gasteiger partial charge < -0.3 is 15.9 Å². The third-order valence-electron chi connectivity index (χ3n) is 4.08. The molecule has 0 saturated carbocycles. The molecule has 4 aromatic rings. The molecule has 0 saturated heterocycles. The maximum atomic E-state index is 11.6. The number of carbonyl (C=O) groups excluding carboxylic acids is 1. The van der Waals surface area contributed by atoms with Gasteiger partial charge in [0.2, 0.25) is 0 Å². The minimum Gasteiger partial charge on any atom is -0.508 e. The molecule has 0 aliphatic heterocycles.